The van der Waals surface area contributed by atoms with Crippen molar-refractivity contribution < 1.29 is 68.7 Å². The smallest absolute Gasteiger partial charge is 0.326 e. The number of rotatable bonds is 25. The molecular weight excluding hydrogens is 792 g/mol. The van der Waals surface area contributed by atoms with Gasteiger partial charge in [-0.15, -0.1) is 0 Å². The topological polar surface area (TPSA) is 365 Å². The number of nitrogens with two attached hydrogens (primary N) is 1. The fraction of sp³-hybridized carbons (Fsp3) is 0.605. The SMILES string of the molecule is CC(C)C[C@H](NC(=O)[C@H](CC(=O)O)NC(=O)[C@@H](NC(=O)[C@H](C)NC(=O)[C@@H](NC(=O)[C@H](Cc1ccccc1)NC(=O)[C@H](CO)NC(=O)[C@@H](N)C(C)C)[C@@H](C)O)[C@@H](C)O)C(=O)O. The van der Waals surface area contributed by atoms with Crippen molar-refractivity contribution in [2.75, 3.05) is 6.61 Å². The number of carbonyl (C=O) groups is 9. The first-order valence-electron chi connectivity index (χ1n) is 19.2. The van der Waals surface area contributed by atoms with E-state index in [1.807, 2.05) is 0 Å². The lowest BCUT2D eigenvalue weighted by molar-refractivity contribution is -0.144. The lowest BCUT2D eigenvalue weighted by atomic mass is 10.0. The van der Waals surface area contributed by atoms with Crippen LogP contribution in [-0.2, 0) is 49.6 Å². The molecular formula is C38H60N8O14. The number of aliphatic hydroxyl groups excluding tert-OH is 3. The Balaban J connectivity index is 3.19. The zero-order valence-electron chi connectivity index (χ0n) is 34.6. The molecule has 1 aromatic rings. The van der Waals surface area contributed by atoms with Gasteiger partial charge < -0.3 is 68.5 Å². The lowest BCUT2D eigenvalue weighted by Crippen LogP contribution is -2.62. The predicted octanol–water partition coefficient (Wildman–Crippen LogP) is -4.01. The van der Waals surface area contributed by atoms with Crippen molar-refractivity contribution in [1.82, 2.24) is 37.2 Å². The molecule has 336 valence electrons. The number of aliphatic carboxylic acids is 2. The van der Waals surface area contributed by atoms with E-state index in [-0.39, 0.29) is 24.7 Å². The van der Waals surface area contributed by atoms with Crippen LogP contribution in [-0.4, -0.2) is 146 Å². The lowest BCUT2D eigenvalue weighted by Gasteiger charge is -2.28. The van der Waals surface area contributed by atoms with Crippen LogP contribution in [0.2, 0.25) is 0 Å². The van der Waals surface area contributed by atoms with Crippen molar-refractivity contribution >= 4 is 53.3 Å². The zero-order valence-corrected chi connectivity index (χ0v) is 34.6. The minimum absolute atomic E-state index is 0.0181. The number of benzene rings is 1. The number of hydrogen-bond acceptors (Lipinski definition) is 13. The second-order valence-corrected chi connectivity index (χ2v) is 15.1. The van der Waals surface area contributed by atoms with Crippen molar-refractivity contribution in [3.05, 3.63) is 35.9 Å². The molecule has 60 heavy (non-hydrogen) atoms. The summed E-state index contributed by atoms with van der Waals surface area (Å²) in [6.45, 7) is 9.26. The largest absolute Gasteiger partial charge is 0.481 e. The van der Waals surface area contributed by atoms with Gasteiger partial charge in [0.1, 0.15) is 42.3 Å². The molecule has 0 aromatic heterocycles. The van der Waals surface area contributed by atoms with Gasteiger partial charge in [-0.1, -0.05) is 58.0 Å². The molecule has 7 amide bonds. The molecule has 0 radical (unpaired) electrons. The molecule has 0 aliphatic carbocycles. The van der Waals surface area contributed by atoms with Gasteiger partial charge in [0.2, 0.25) is 41.4 Å². The average Bonchev–Trinajstić information content (AvgIpc) is 3.15. The third-order valence-electron chi connectivity index (χ3n) is 8.96. The predicted molar refractivity (Wildman–Crippen MR) is 212 cm³/mol. The number of amides is 7. The summed E-state index contributed by atoms with van der Waals surface area (Å²) in [5.74, 6) is -10.7. The third kappa shape index (κ3) is 17.6. The normalized spacial score (nSPS) is 16.2. The van der Waals surface area contributed by atoms with Crippen LogP contribution >= 0.6 is 0 Å². The molecule has 0 aliphatic rings. The highest BCUT2D eigenvalue weighted by molar-refractivity contribution is 5.98. The fourth-order valence-corrected chi connectivity index (χ4v) is 5.42. The number of carboxylic acids is 2. The minimum atomic E-state index is -1.84. The minimum Gasteiger partial charge on any atom is -0.481 e. The van der Waals surface area contributed by atoms with Crippen LogP contribution in [0.15, 0.2) is 30.3 Å². The van der Waals surface area contributed by atoms with E-state index < -0.39 is 127 Å². The van der Waals surface area contributed by atoms with Gasteiger partial charge in [-0.25, -0.2) is 4.79 Å². The molecule has 0 bridgehead atoms. The number of aliphatic hydroxyl groups is 3. The zero-order chi connectivity index (χ0) is 46.0. The maximum absolute atomic E-state index is 13.7. The van der Waals surface area contributed by atoms with E-state index in [0.29, 0.717) is 5.56 Å². The summed E-state index contributed by atoms with van der Waals surface area (Å²) < 4.78 is 0. The Labute approximate surface area is 347 Å². The van der Waals surface area contributed by atoms with Gasteiger partial charge in [-0.05, 0) is 44.6 Å². The Morgan fingerprint density at radius 2 is 1.02 bits per heavy atom. The molecule has 0 fully saturated rings. The molecule has 0 aliphatic heterocycles. The number of hydrogen-bond donors (Lipinski definition) is 13. The average molecular weight is 853 g/mol. The van der Waals surface area contributed by atoms with Crippen molar-refractivity contribution in [3.8, 4) is 0 Å². The first-order valence-corrected chi connectivity index (χ1v) is 19.2. The highest BCUT2D eigenvalue weighted by atomic mass is 16.4. The van der Waals surface area contributed by atoms with E-state index >= 15 is 0 Å². The highest BCUT2D eigenvalue weighted by Gasteiger charge is 2.36. The van der Waals surface area contributed by atoms with Crippen LogP contribution in [0, 0.1) is 11.8 Å². The molecule has 10 atom stereocenters. The van der Waals surface area contributed by atoms with Crippen molar-refractivity contribution in [2.45, 2.75) is 128 Å². The van der Waals surface area contributed by atoms with Gasteiger partial charge in [0.05, 0.1) is 31.3 Å². The molecule has 0 unspecified atom stereocenters. The van der Waals surface area contributed by atoms with Crippen LogP contribution in [0.4, 0.5) is 0 Å². The summed E-state index contributed by atoms with van der Waals surface area (Å²) in [5.41, 5.74) is 6.40. The van der Waals surface area contributed by atoms with Gasteiger partial charge in [0.15, 0.2) is 0 Å². The third-order valence-corrected chi connectivity index (χ3v) is 8.96. The van der Waals surface area contributed by atoms with Crippen LogP contribution in [0.25, 0.3) is 0 Å². The molecule has 0 heterocycles. The highest BCUT2D eigenvalue weighted by Crippen LogP contribution is 2.09. The summed E-state index contributed by atoms with van der Waals surface area (Å²) in [6.07, 6.45) is -4.43. The Bertz CT molecular complexity index is 1660. The molecule has 22 nitrogen and oxygen atoms in total. The van der Waals surface area contributed by atoms with Crippen molar-refractivity contribution in [2.24, 2.45) is 17.6 Å². The summed E-state index contributed by atoms with van der Waals surface area (Å²) in [4.78, 5) is 115. The molecule has 0 saturated heterocycles. The quantitative estimate of drug-likeness (QED) is 0.0446. The maximum atomic E-state index is 13.7. The summed E-state index contributed by atoms with van der Waals surface area (Å²) in [7, 11) is 0. The molecule has 14 N–H and O–H groups in total. The van der Waals surface area contributed by atoms with E-state index in [1.54, 1.807) is 58.0 Å². The van der Waals surface area contributed by atoms with Gasteiger partial charge in [-0.2, -0.15) is 0 Å². The first-order chi connectivity index (χ1) is 27.9. The summed E-state index contributed by atoms with van der Waals surface area (Å²) >= 11 is 0. The van der Waals surface area contributed by atoms with Gasteiger partial charge >= 0.3 is 11.9 Å². The fourth-order valence-electron chi connectivity index (χ4n) is 5.42. The second kappa shape index (κ2) is 25.0. The van der Waals surface area contributed by atoms with Gasteiger partial charge in [0, 0.05) is 6.42 Å². The van der Waals surface area contributed by atoms with Crippen LogP contribution in [0.5, 0.6) is 0 Å². The second-order valence-electron chi connectivity index (χ2n) is 15.1. The van der Waals surface area contributed by atoms with E-state index in [2.05, 4.69) is 37.2 Å². The molecule has 0 saturated carbocycles. The number of nitrogens with one attached hydrogen (secondary N) is 7. The Kier molecular flexibility index (Phi) is 21.8. The Hall–Kier alpha value is -5.71. The molecule has 0 spiro atoms. The van der Waals surface area contributed by atoms with Crippen molar-refractivity contribution in [1.29, 1.82) is 0 Å². The maximum Gasteiger partial charge on any atom is 0.326 e. The van der Waals surface area contributed by atoms with Crippen LogP contribution in [0.1, 0.15) is 66.9 Å². The van der Waals surface area contributed by atoms with Crippen molar-refractivity contribution in [3.63, 3.8) is 0 Å². The van der Waals surface area contributed by atoms with E-state index in [4.69, 9.17) is 5.73 Å². The van der Waals surface area contributed by atoms with E-state index in [0.717, 1.165) is 20.8 Å². The number of carbonyl (C=O) groups excluding carboxylic acids is 7. The molecule has 1 rings (SSSR count). The Morgan fingerprint density at radius 1 is 0.567 bits per heavy atom. The number of carboxylic acid groups (broad SMARTS) is 2. The van der Waals surface area contributed by atoms with Crippen LogP contribution < -0.4 is 43.0 Å². The van der Waals surface area contributed by atoms with Gasteiger partial charge in [-0.3, -0.25) is 38.4 Å². The molecule has 1 aromatic carbocycles. The standard InChI is InChI=1S/C38H60N8O14/c1-17(2)13-25(38(59)60)43-32(53)24(15-27(50)51)42-37(58)30(21(7)49)45-31(52)19(5)40-36(57)29(20(6)48)46-33(54)23(14-22-11-9-8-10-12-22)41-34(55)26(16-47)44-35(56)28(39)18(3)4/h8-12,17-21,23-26,28-30,47-49H,13-16,39H2,1-7H3,(H,40,57)(H,41,55)(H,42,58)(H,43,53)(H,44,56)(H,45,52)(H,46,54)(H,50,51)(H,59,60)/t19-,20+,21+,23-,24-,25-,26-,28-,29-,30-/m0/s1. The first kappa shape index (κ1) is 52.3. The summed E-state index contributed by atoms with van der Waals surface area (Å²) in [6, 6.07) is -4.02. The van der Waals surface area contributed by atoms with Crippen LogP contribution in [0.3, 0.4) is 0 Å². The monoisotopic (exact) mass is 852 g/mol. The Morgan fingerprint density at radius 3 is 1.48 bits per heavy atom. The van der Waals surface area contributed by atoms with E-state index in [9.17, 15) is 68.7 Å². The summed E-state index contributed by atoms with van der Waals surface area (Å²) in [5, 5.41) is 65.4. The van der Waals surface area contributed by atoms with Gasteiger partial charge in [0.25, 0.3) is 0 Å². The van der Waals surface area contributed by atoms with E-state index in [1.165, 1.54) is 0 Å². The molecule has 22 heteroatoms.